The van der Waals surface area contributed by atoms with Crippen LogP contribution in [0.1, 0.15) is 23.9 Å². The molecule has 0 aliphatic carbocycles. The Morgan fingerprint density at radius 1 is 1.38 bits per heavy atom. The number of rotatable bonds is 6. The fourth-order valence-corrected chi connectivity index (χ4v) is 2.29. The summed E-state index contributed by atoms with van der Waals surface area (Å²) >= 11 is 6.25. The summed E-state index contributed by atoms with van der Waals surface area (Å²) in [6.07, 6.45) is 0. The van der Waals surface area contributed by atoms with Crippen LogP contribution in [-0.2, 0) is 19.8 Å². The molecular weight excluding hydrogens is 292 g/mol. The van der Waals surface area contributed by atoms with Crippen LogP contribution in [0.5, 0.6) is 11.5 Å². The van der Waals surface area contributed by atoms with Crippen molar-refractivity contribution in [1.82, 2.24) is 9.78 Å². The van der Waals surface area contributed by atoms with Crippen LogP contribution in [-0.4, -0.2) is 22.0 Å². The molecule has 2 aromatic rings. The van der Waals surface area contributed by atoms with Gasteiger partial charge in [-0.2, -0.15) is 5.10 Å². The first-order valence-corrected chi connectivity index (χ1v) is 7.10. The highest BCUT2D eigenvalue weighted by molar-refractivity contribution is 6.31. The molecule has 1 aromatic carbocycles. The number of benzene rings is 1. The van der Waals surface area contributed by atoms with Crippen molar-refractivity contribution < 1.29 is 14.6 Å². The van der Waals surface area contributed by atoms with Gasteiger partial charge in [-0.05, 0) is 32.0 Å². The number of aliphatic hydroxyl groups excluding tert-OH is 1. The van der Waals surface area contributed by atoms with Gasteiger partial charge < -0.3 is 14.6 Å². The topological polar surface area (TPSA) is 56.5 Å². The maximum absolute atomic E-state index is 9.42. The first-order chi connectivity index (χ1) is 10.1. The molecule has 0 saturated carbocycles. The van der Waals surface area contributed by atoms with Gasteiger partial charge in [0.25, 0.3) is 0 Å². The third-order valence-electron chi connectivity index (χ3n) is 3.26. The molecule has 2 rings (SSSR count). The molecule has 0 aliphatic heterocycles. The summed E-state index contributed by atoms with van der Waals surface area (Å²) in [6.45, 7) is 4.77. The van der Waals surface area contributed by atoms with E-state index in [-0.39, 0.29) is 6.61 Å². The molecule has 1 N–H and O–H groups in total. The summed E-state index contributed by atoms with van der Waals surface area (Å²) in [6, 6.07) is 5.32. The van der Waals surface area contributed by atoms with E-state index >= 15 is 0 Å². The molecule has 0 unspecified atom stereocenters. The summed E-state index contributed by atoms with van der Waals surface area (Å²) < 4.78 is 12.7. The second kappa shape index (κ2) is 6.83. The molecular formula is C15H19ClN2O3. The van der Waals surface area contributed by atoms with E-state index in [9.17, 15) is 5.11 Å². The summed E-state index contributed by atoms with van der Waals surface area (Å²) in [5, 5.41) is 14.4. The van der Waals surface area contributed by atoms with E-state index in [0.717, 1.165) is 17.9 Å². The van der Waals surface area contributed by atoms with Crippen LogP contribution in [0.2, 0.25) is 5.02 Å². The van der Waals surface area contributed by atoms with Crippen LogP contribution < -0.4 is 9.47 Å². The van der Waals surface area contributed by atoms with E-state index < -0.39 is 0 Å². The number of methoxy groups -OCH3 is 1. The standard InChI is InChI=1S/C15H19ClN2O3/c1-4-18-13(15(16)10(2)17-18)9-21-14-6-5-12(20-3)7-11(14)8-19/h5-7,19H,4,8-9H2,1-3H3. The van der Waals surface area contributed by atoms with Crippen LogP contribution >= 0.6 is 11.6 Å². The SMILES string of the molecule is CCn1nc(C)c(Cl)c1COc1ccc(OC)cc1CO. The van der Waals surface area contributed by atoms with Crippen molar-refractivity contribution in [2.75, 3.05) is 7.11 Å². The van der Waals surface area contributed by atoms with E-state index in [1.165, 1.54) is 0 Å². The van der Waals surface area contributed by atoms with Gasteiger partial charge in [-0.1, -0.05) is 11.6 Å². The van der Waals surface area contributed by atoms with Gasteiger partial charge in [0.15, 0.2) is 0 Å². The first-order valence-electron chi connectivity index (χ1n) is 6.73. The van der Waals surface area contributed by atoms with E-state index in [1.807, 2.05) is 18.5 Å². The molecule has 0 aliphatic rings. The zero-order chi connectivity index (χ0) is 15.4. The van der Waals surface area contributed by atoms with Gasteiger partial charge in [-0.3, -0.25) is 4.68 Å². The van der Waals surface area contributed by atoms with E-state index in [2.05, 4.69) is 5.10 Å². The lowest BCUT2D eigenvalue weighted by atomic mass is 10.2. The molecule has 0 bridgehead atoms. The average Bonchev–Trinajstić information content (AvgIpc) is 2.79. The van der Waals surface area contributed by atoms with Gasteiger partial charge in [-0.15, -0.1) is 0 Å². The van der Waals surface area contributed by atoms with Crippen molar-refractivity contribution >= 4 is 11.6 Å². The number of aliphatic hydroxyl groups is 1. The summed E-state index contributed by atoms with van der Waals surface area (Å²) in [5.74, 6) is 1.29. The van der Waals surface area contributed by atoms with Crippen molar-refractivity contribution in [3.8, 4) is 11.5 Å². The number of ether oxygens (including phenoxy) is 2. The van der Waals surface area contributed by atoms with Crippen LogP contribution in [0.3, 0.4) is 0 Å². The normalized spacial score (nSPS) is 10.7. The number of hydrogen-bond acceptors (Lipinski definition) is 4. The molecule has 0 atom stereocenters. The predicted molar refractivity (Wildman–Crippen MR) is 80.9 cm³/mol. The van der Waals surface area contributed by atoms with Crippen molar-refractivity contribution in [1.29, 1.82) is 0 Å². The third kappa shape index (κ3) is 3.31. The van der Waals surface area contributed by atoms with Gasteiger partial charge in [0.05, 0.1) is 30.1 Å². The summed E-state index contributed by atoms with van der Waals surface area (Å²) in [5.41, 5.74) is 2.29. The zero-order valence-corrected chi connectivity index (χ0v) is 13.1. The molecule has 6 heteroatoms. The maximum Gasteiger partial charge on any atom is 0.131 e. The molecule has 1 heterocycles. The van der Waals surface area contributed by atoms with Crippen LogP contribution in [0.4, 0.5) is 0 Å². The van der Waals surface area contributed by atoms with Gasteiger partial charge in [0.1, 0.15) is 18.1 Å². The molecule has 1 aromatic heterocycles. The molecule has 0 fully saturated rings. The molecule has 5 nitrogen and oxygen atoms in total. The van der Waals surface area contributed by atoms with Crippen molar-refractivity contribution in [3.63, 3.8) is 0 Å². The monoisotopic (exact) mass is 310 g/mol. The zero-order valence-electron chi connectivity index (χ0n) is 12.4. The Kier molecular flexibility index (Phi) is 5.09. The van der Waals surface area contributed by atoms with E-state index in [0.29, 0.717) is 28.7 Å². The Morgan fingerprint density at radius 2 is 2.14 bits per heavy atom. The quantitative estimate of drug-likeness (QED) is 0.891. The summed E-state index contributed by atoms with van der Waals surface area (Å²) in [7, 11) is 1.58. The molecule has 21 heavy (non-hydrogen) atoms. The van der Waals surface area contributed by atoms with Gasteiger partial charge in [0.2, 0.25) is 0 Å². The predicted octanol–water partition coefficient (Wildman–Crippen LogP) is 2.94. The number of aromatic nitrogens is 2. The van der Waals surface area contributed by atoms with Crippen molar-refractivity contribution in [2.24, 2.45) is 0 Å². The second-order valence-corrected chi connectivity index (χ2v) is 4.96. The number of halogens is 1. The largest absolute Gasteiger partial charge is 0.497 e. The van der Waals surface area contributed by atoms with E-state index in [1.54, 1.807) is 25.3 Å². The molecule has 0 saturated heterocycles. The molecule has 0 spiro atoms. The lowest BCUT2D eigenvalue weighted by Crippen LogP contribution is -2.07. The summed E-state index contributed by atoms with van der Waals surface area (Å²) in [4.78, 5) is 0. The van der Waals surface area contributed by atoms with Crippen LogP contribution in [0.25, 0.3) is 0 Å². The smallest absolute Gasteiger partial charge is 0.131 e. The van der Waals surface area contributed by atoms with E-state index in [4.69, 9.17) is 21.1 Å². The highest BCUT2D eigenvalue weighted by Gasteiger charge is 2.14. The number of hydrogen-bond donors (Lipinski definition) is 1. The molecule has 0 amide bonds. The Bertz CT molecular complexity index is 626. The third-order valence-corrected chi connectivity index (χ3v) is 3.75. The highest BCUT2D eigenvalue weighted by Crippen LogP contribution is 2.27. The fourth-order valence-electron chi connectivity index (χ4n) is 2.10. The average molecular weight is 311 g/mol. The minimum Gasteiger partial charge on any atom is -0.497 e. The lowest BCUT2D eigenvalue weighted by Gasteiger charge is -2.12. The van der Waals surface area contributed by atoms with Crippen LogP contribution in [0.15, 0.2) is 18.2 Å². The number of aryl methyl sites for hydroxylation is 2. The second-order valence-electron chi connectivity index (χ2n) is 4.58. The fraction of sp³-hybridized carbons (Fsp3) is 0.400. The Morgan fingerprint density at radius 3 is 2.76 bits per heavy atom. The molecule has 114 valence electrons. The molecule has 0 radical (unpaired) electrons. The Hall–Kier alpha value is -1.72. The van der Waals surface area contributed by atoms with Gasteiger partial charge in [0, 0.05) is 12.1 Å². The van der Waals surface area contributed by atoms with Crippen molar-refractivity contribution in [2.45, 2.75) is 33.6 Å². The first kappa shape index (κ1) is 15.7. The highest BCUT2D eigenvalue weighted by atomic mass is 35.5. The minimum absolute atomic E-state index is 0.119. The Labute approximate surface area is 129 Å². The Balaban J connectivity index is 2.20. The lowest BCUT2D eigenvalue weighted by molar-refractivity contribution is 0.254. The van der Waals surface area contributed by atoms with Gasteiger partial charge >= 0.3 is 0 Å². The maximum atomic E-state index is 9.42. The van der Waals surface area contributed by atoms with Crippen LogP contribution in [0, 0.1) is 6.92 Å². The number of nitrogens with zero attached hydrogens (tertiary/aromatic N) is 2. The van der Waals surface area contributed by atoms with Gasteiger partial charge in [-0.25, -0.2) is 0 Å². The van der Waals surface area contributed by atoms with Crippen molar-refractivity contribution in [3.05, 3.63) is 40.2 Å². The minimum atomic E-state index is -0.119.